The van der Waals surface area contributed by atoms with Crippen LogP contribution in [0.3, 0.4) is 0 Å². The summed E-state index contributed by atoms with van der Waals surface area (Å²) in [6, 6.07) is 9.53. The monoisotopic (exact) mass is 322 g/mol. The highest BCUT2D eigenvalue weighted by atomic mass is 32.2. The fourth-order valence-electron chi connectivity index (χ4n) is 1.44. The molecular weight excluding hydrogens is 308 g/mol. The van der Waals surface area contributed by atoms with E-state index in [4.69, 9.17) is 4.74 Å². The molecule has 2 aromatic rings. The number of carbonyl (C=O) groups is 2. The summed E-state index contributed by atoms with van der Waals surface area (Å²) in [6.07, 6.45) is 1.63. The Morgan fingerprint density at radius 2 is 2.10 bits per heavy atom. The van der Waals surface area contributed by atoms with Gasteiger partial charge in [0.1, 0.15) is 6.61 Å². The van der Waals surface area contributed by atoms with Crippen LogP contribution in [0.5, 0.6) is 0 Å². The molecule has 1 aromatic heterocycles. The molecule has 1 N–H and O–H groups in total. The van der Waals surface area contributed by atoms with Gasteiger partial charge in [0.15, 0.2) is 5.13 Å². The number of ether oxygens (including phenoxy) is 1. The van der Waals surface area contributed by atoms with Gasteiger partial charge in [-0.05, 0) is 5.56 Å². The average Bonchev–Trinajstić information content (AvgIpc) is 2.91. The van der Waals surface area contributed by atoms with Crippen LogP contribution in [0.1, 0.15) is 12.5 Å². The summed E-state index contributed by atoms with van der Waals surface area (Å²) in [5, 5.41) is 3.13. The highest BCUT2D eigenvalue weighted by Crippen LogP contribution is 2.28. The minimum absolute atomic E-state index is 0.164. The van der Waals surface area contributed by atoms with E-state index in [2.05, 4.69) is 10.3 Å². The maximum absolute atomic E-state index is 11.6. The van der Waals surface area contributed by atoms with Crippen molar-refractivity contribution in [2.75, 3.05) is 11.1 Å². The first-order valence-electron chi connectivity index (χ1n) is 6.19. The second-order valence-corrected chi connectivity index (χ2v) is 6.41. The molecule has 2 rings (SSSR count). The van der Waals surface area contributed by atoms with Gasteiger partial charge in [0.2, 0.25) is 5.91 Å². The number of aromatic nitrogens is 1. The molecule has 1 amide bonds. The van der Waals surface area contributed by atoms with Crippen LogP contribution in [0.4, 0.5) is 5.13 Å². The van der Waals surface area contributed by atoms with Crippen LogP contribution in [0.25, 0.3) is 0 Å². The Labute approximate surface area is 130 Å². The van der Waals surface area contributed by atoms with Crippen LogP contribution in [0.2, 0.25) is 0 Å². The van der Waals surface area contributed by atoms with Crippen molar-refractivity contribution in [1.29, 1.82) is 0 Å². The largest absolute Gasteiger partial charge is 0.460 e. The van der Waals surface area contributed by atoms with Crippen LogP contribution >= 0.6 is 23.1 Å². The normalized spacial score (nSPS) is 10.1. The van der Waals surface area contributed by atoms with E-state index in [0.29, 0.717) is 5.13 Å². The maximum atomic E-state index is 11.6. The molecule has 1 heterocycles. The number of rotatable bonds is 6. The molecular formula is C14H14N2O3S2. The molecule has 0 unspecified atom stereocenters. The van der Waals surface area contributed by atoms with Gasteiger partial charge < -0.3 is 10.1 Å². The lowest BCUT2D eigenvalue weighted by Crippen LogP contribution is -2.06. The molecule has 5 nitrogen and oxygen atoms in total. The number of hydrogen-bond donors (Lipinski definition) is 1. The van der Waals surface area contributed by atoms with E-state index in [1.165, 1.54) is 30.0 Å². The van der Waals surface area contributed by atoms with E-state index < -0.39 is 0 Å². The number of thiazole rings is 1. The van der Waals surface area contributed by atoms with Gasteiger partial charge in [-0.25, -0.2) is 4.98 Å². The van der Waals surface area contributed by atoms with Gasteiger partial charge in [-0.1, -0.05) is 41.7 Å². The zero-order valence-corrected chi connectivity index (χ0v) is 13.0. The van der Waals surface area contributed by atoms with Crippen molar-refractivity contribution in [2.24, 2.45) is 0 Å². The standard InChI is InChI=1S/C14H14N2O3S2/c1-10(17)16-14-15-7-13(21-14)20-9-12(18)19-8-11-5-3-2-4-6-11/h2-7H,8-9H2,1H3,(H,15,16,17). The number of amides is 1. The van der Waals surface area contributed by atoms with E-state index >= 15 is 0 Å². The van der Waals surface area contributed by atoms with Crippen molar-refractivity contribution in [2.45, 2.75) is 17.7 Å². The molecule has 0 radical (unpaired) electrons. The Morgan fingerprint density at radius 1 is 1.33 bits per heavy atom. The Hall–Kier alpha value is -1.86. The molecule has 7 heteroatoms. The van der Waals surface area contributed by atoms with Crippen LogP contribution in [-0.2, 0) is 20.9 Å². The number of hydrogen-bond acceptors (Lipinski definition) is 6. The predicted octanol–water partition coefficient (Wildman–Crippen LogP) is 2.94. The van der Waals surface area contributed by atoms with Crippen molar-refractivity contribution in [3.63, 3.8) is 0 Å². The molecule has 0 saturated carbocycles. The predicted molar refractivity (Wildman–Crippen MR) is 83.4 cm³/mol. The summed E-state index contributed by atoms with van der Waals surface area (Å²) >= 11 is 2.67. The van der Waals surface area contributed by atoms with Crippen LogP contribution in [-0.4, -0.2) is 22.6 Å². The Balaban J connectivity index is 1.73. The molecule has 1 aromatic carbocycles. The Bertz CT molecular complexity index is 614. The lowest BCUT2D eigenvalue weighted by atomic mass is 10.2. The van der Waals surface area contributed by atoms with Gasteiger partial charge in [-0.3, -0.25) is 9.59 Å². The molecule has 0 spiro atoms. The lowest BCUT2D eigenvalue weighted by molar-refractivity contribution is -0.141. The van der Waals surface area contributed by atoms with E-state index in [-0.39, 0.29) is 24.2 Å². The summed E-state index contributed by atoms with van der Waals surface area (Å²) < 4.78 is 6.03. The second-order valence-electron chi connectivity index (χ2n) is 4.10. The molecule has 0 fully saturated rings. The number of benzene rings is 1. The number of anilines is 1. The quantitative estimate of drug-likeness (QED) is 0.654. The van der Waals surface area contributed by atoms with Gasteiger partial charge in [-0.2, -0.15) is 0 Å². The first-order chi connectivity index (χ1) is 10.1. The number of nitrogens with one attached hydrogen (secondary N) is 1. The molecule has 21 heavy (non-hydrogen) atoms. The third kappa shape index (κ3) is 5.57. The highest BCUT2D eigenvalue weighted by Gasteiger charge is 2.08. The van der Waals surface area contributed by atoms with E-state index in [0.717, 1.165) is 9.77 Å². The molecule has 0 saturated heterocycles. The third-order valence-corrected chi connectivity index (χ3v) is 4.42. The van der Waals surface area contributed by atoms with Crippen molar-refractivity contribution < 1.29 is 14.3 Å². The van der Waals surface area contributed by atoms with Gasteiger partial charge in [0, 0.05) is 6.92 Å². The van der Waals surface area contributed by atoms with Gasteiger partial charge in [0.25, 0.3) is 0 Å². The lowest BCUT2D eigenvalue weighted by Gasteiger charge is -2.03. The van der Waals surface area contributed by atoms with Crippen LogP contribution in [0, 0.1) is 0 Å². The highest BCUT2D eigenvalue weighted by molar-refractivity contribution is 8.01. The van der Waals surface area contributed by atoms with Gasteiger partial charge in [0.05, 0.1) is 16.2 Å². The fourth-order valence-corrected chi connectivity index (χ4v) is 3.16. The van der Waals surface area contributed by atoms with Crippen molar-refractivity contribution in [3.8, 4) is 0 Å². The number of nitrogens with zero attached hydrogens (tertiary/aromatic N) is 1. The summed E-state index contributed by atoms with van der Waals surface area (Å²) in [7, 11) is 0. The summed E-state index contributed by atoms with van der Waals surface area (Å²) in [6.45, 7) is 1.70. The molecule has 110 valence electrons. The smallest absolute Gasteiger partial charge is 0.316 e. The summed E-state index contributed by atoms with van der Waals surface area (Å²) in [4.78, 5) is 26.6. The van der Waals surface area contributed by atoms with Gasteiger partial charge >= 0.3 is 5.97 Å². The molecule has 0 aliphatic carbocycles. The van der Waals surface area contributed by atoms with Crippen molar-refractivity contribution in [1.82, 2.24) is 4.98 Å². The number of thioether (sulfide) groups is 1. The summed E-state index contributed by atoms with van der Waals surface area (Å²) in [5.74, 6) is -0.226. The third-order valence-electron chi connectivity index (χ3n) is 2.34. The van der Waals surface area contributed by atoms with Gasteiger partial charge in [-0.15, -0.1) is 11.8 Å². The van der Waals surface area contributed by atoms with Crippen molar-refractivity contribution >= 4 is 40.1 Å². The van der Waals surface area contributed by atoms with E-state index in [9.17, 15) is 9.59 Å². The van der Waals surface area contributed by atoms with Crippen LogP contribution < -0.4 is 5.32 Å². The second kappa shape index (κ2) is 7.80. The molecule has 0 atom stereocenters. The first kappa shape index (κ1) is 15.5. The minimum atomic E-state index is -0.279. The number of carbonyl (C=O) groups excluding carboxylic acids is 2. The Kier molecular flexibility index (Phi) is 5.77. The zero-order chi connectivity index (χ0) is 15.1. The minimum Gasteiger partial charge on any atom is -0.460 e. The maximum Gasteiger partial charge on any atom is 0.316 e. The first-order valence-corrected chi connectivity index (χ1v) is 7.99. The summed E-state index contributed by atoms with van der Waals surface area (Å²) in [5.41, 5.74) is 0.960. The van der Waals surface area contributed by atoms with Crippen LogP contribution in [0.15, 0.2) is 40.7 Å². The topological polar surface area (TPSA) is 68.3 Å². The number of esters is 1. The van der Waals surface area contributed by atoms with Crippen molar-refractivity contribution in [3.05, 3.63) is 42.1 Å². The Morgan fingerprint density at radius 3 is 2.81 bits per heavy atom. The molecule has 0 aliphatic rings. The van der Waals surface area contributed by atoms with E-state index in [1.54, 1.807) is 6.20 Å². The average molecular weight is 322 g/mol. The van der Waals surface area contributed by atoms with E-state index in [1.807, 2.05) is 30.3 Å². The molecule has 0 bridgehead atoms. The molecule has 0 aliphatic heterocycles. The fraction of sp³-hybridized carbons (Fsp3) is 0.214. The SMILES string of the molecule is CC(=O)Nc1ncc(SCC(=O)OCc2ccccc2)s1. The zero-order valence-electron chi connectivity index (χ0n) is 11.4.